The van der Waals surface area contributed by atoms with Crippen LogP contribution in [-0.2, 0) is 11.0 Å². The summed E-state index contributed by atoms with van der Waals surface area (Å²) < 4.78 is 40.0. The molecule has 1 fully saturated rings. The van der Waals surface area contributed by atoms with Crippen molar-refractivity contribution in [2.75, 3.05) is 13.1 Å². The minimum Gasteiger partial charge on any atom is -0.343 e. The third kappa shape index (κ3) is 4.90. The summed E-state index contributed by atoms with van der Waals surface area (Å²) in [6.07, 6.45) is -3.35. The van der Waals surface area contributed by atoms with E-state index in [1.807, 2.05) is 0 Å². The number of nitrogens with zero attached hydrogens (tertiary/aromatic N) is 1. The van der Waals surface area contributed by atoms with E-state index in [9.17, 15) is 22.8 Å². The second kappa shape index (κ2) is 8.02. The Morgan fingerprint density at radius 3 is 2.67 bits per heavy atom. The van der Waals surface area contributed by atoms with Crippen LogP contribution < -0.4 is 5.32 Å². The van der Waals surface area contributed by atoms with Crippen molar-refractivity contribution in [2.24, 2.45) is 0 Å². The Morgan fingerprint density at radius 2 is 2.07 bits per heavy atom. The van der Waals surface area contributed by atoms with Crippen LogP contribution in [0.25, 0.3) is 0 Å². The second-order valence-electron chi connectivity index (χ2n) is 6.20. The largest absolute Gasteiger partial charge is 0.416 e. The average molecular weight is 461 g/mol. The minimum absolute atomic E-state index is 0.0555. The van der Waals surface area contributed by atoms with Crippen molar-refractivity contribution in [3.63, 3.8) is 0 Å². The smallest absolute Gasteiger partial charge is 0.343 e. The highest BCUT2D eigenvalue weighted by Crippen LogP contribution is 2.31. The molecule has 2 amide bonds. The number of amides is 2. The van der Waals surface area contributed by atoms with Crippen molar-refractivity contribution in [3.05, 3.63) is 56.2 Å². The number of halogens is 4. The Morgan fingerprint density at radius 1 is 1.30 bits per heavy atom. The molecule has 1 aromatic heterocycles. The van der Waals surface area contributed by atoms with Crippen molar-refractivity contribution in [1.29, 1.82) is 0 Å². The summed E-state index contributed by atoms with van der Waals surface area (Å²) in [5, 5.41) is 2.78. The van der Waals surface area contributed by atoms with Gasteiger partial charge in [0.2, 0.25) is 5.91 Å². The van der Waals surface area contributed by atoms with Gasteiger partial charge in [0.15, 0.2) is 0 Å². The fourth-order valence-electron chi connectivity index (χ4n) is 2.95. The molecule has 9 heteroatoms. The van der Waals surface area contributed by atoms with Gasteiger partial charge in [0, 0.05) is 19.5 Å². The molecule has 3 rings (SSSR count). The number of likely N-dealkylation sites (tertiary alicyclic amines) is 1. The Labute approximate surface area is 166 Å². The normalized spacial score (nSPS) is 15.9. The third-order valence-corrected chi connectivity index (χ3v) is 5.92. The van der Waals surface area contributed by atoms with Crippen LogP contribution >= 0.6 is 27.3 Å². The van der Waals surface area contributed by atoms with Gasteiger partial charge in [-0.1, -0.05) is 12.1 Å². The van der Waals surface area contributed by atoms with E-state index in [-0.39, 0.29) is 18.4 Å². The van der Waals surface area contributed by atoms with Crippen LogP contribution in [0.5, 0.6) is 0 Å². The molecule has 0 spiro atoms. The highest BCUT2D eigenvalue weighted by molar-refractivity contribution is 9.11. The molecule has 2 heterocycles. The first-order chi connectivity index (χ1) is 12.7. The maximum absolute atomic E-state index is 13.1. The lowest BCUT2D eigenvalue weighted by Crippen LogP contribution is -2.38. The molecule has 1 N–H and O–H groups in total. The third-order valence-electron chi connectivity index (χ3n) is 4.29. The lowest BCUT2D eigenvalue weighted by Gasteiger charge is -2.25. The van der Waals surface area contributed by atoms with E-state index in [0.717, 1.165) is 15.9 Å². The van der Waals surface area contributed by atoms with Crippen LogP contribution in [0.2, 0.25) is 0 Å². The summed E-state index contributed by atoms with van der Waals surface area (Å²) in [7, 11) is 0. The zero-order chi connectivity index (χ0) is 19.6. The minimum atomic E-state index is -4.48. The molecule has 27 heavy (non-hydrogen) atoms. The summed E-state index contributed by atoms with van der Waals surface area (Å²) in [5.41, 5.74) is -0.473. The quantitative estimate of drug-likeness (QED) is 0.707. The van der Waals surface area contributed by atoms with Gasteiger partial charge in [0.25, 0.3) is 5.91 Å². The number of hydrogen-bond acceptors (Lipinski definition) is 3. The van der Waals surface area contributed by atoms with Crippen molar-refractivity contribution >= 4 is 39.1 Å². The molecule has 0 saturated carbocycles. The molecule has 0 aliphatic carbocycles. The lowest BCUT2D eigenvalue weighted by atomic mass is 10.0. The number of alkyl halides is 3. The van der Waals surface area contributed by atoms with E-state index in [4.69, 9.17) is 0 Å². The molecule has 2 aromatic rings. The molecule has 1 saturated heterocycles. The number of benzene rings is 1. The molecule has 1 unspecified atom stereocenters. The first-order valence-electron chi connectivity index (χ1n) is 8.25. The molecule has 4 nitrogen and oxygen atoms in total. The summed E-state index contributed by atoms with van der Waals surface area (Å²) >= 11 is 4.51. The molecule has 0 radical (unpaired) electrons. The maximum Gasteiger partial charge on any atom is 0.416 e. The number of carbonyl (C=O) groups is 2. The van der Waals surface area contributed by atoms with Gasteiger partial charge >= 0.3 is 6.18 Å². The van der Waals surface area contributed by atoms with Gasteiger partial charge in [-0.05, 0) is 52.2 Å². The van der Waals surface area contributed by atoms with E-state index in [0.29, 0.717) is 29.8 Å². The van der Waals surface area contributed by atoms with Gasteiger partial charge in [-0.15, -0.1) is 11.3 Å². The number of nitrogens with one attached hydrogen (secondary N) is 1. The van der Waals surface area contributed by atoms with Gasteiger partial charge in [0.1, 0.15) is 0 Å². The van der Waals surface area contributed by atoms with E-state index < -0.39 is 17.8 Å². The van der Waals surface area contributed by atoms with Crippen LogP contribution in [0.15, 0.2) is 40.2 Å². The van der Waals surface area contributed by atoms with Crippen molar-refractivity contribution in [1.82, 2.24) is 10.2 Å². The van der Waals surface area contributed by atoms with Crippen molar-refractivity contribution in [3.8, 4) is 0 Å². The van der Waals surface area contributed by atoms with Crippen molar-refractivity contribution < 1.29 is 22.8 Å². The van der Waals surface area contributed by atoms with Crippen LogP contribution in [-0.4, -0.2) is 29.8 Å². The van der Waals surface area contributed by atoms with Gasteiger partial charge in [-0.3, -0.25) is 9.59 Å². The molecule has 1 atom stereocenters. The first-order valence-corrected chi connectivity index (χ1v) is 9.86. The predicted molar refractivity (Wildman–Crippen MR) is 99.5 cm³/mol. The van der Waals surface area contributed by atoms with E-state index in [2.05, 4.69) is 21.2 Å². The van der Waals surface area contributed by atoms with E-state index in [1.165, 1.54) is 23.5 Å². The molecule has 0 bridgehead atoms. The standard InChI is InChI=1S/C18H16BrF3N2O2S/c19-15-7-6-14(27-15)17(26)23-13(10-24-8-2-5-16(24)25)11-3-1-4-12(9-11)18(20,21)22/h1,3-4,6-7,9,13H,2,5,8,10H2,(H,23,26). The second-order valence-corrected chi connectivity index (χ2v) is 8.66. The summed E-state index contributed by atoms with van der Waals surface area (Å²) in [4.78, 5) is 26.5. The first kappa shape index (κ1) is 19.9. The maximum atomic E-state index is 13.1. The summed E-state index contributed by atoms with van der Waals surface area (Å²) in [5.74, 6) is -0.445. The van der Waals surface area contributed by atoms with E-state index in [1.54, 1.807) is 17.0 Å². The van der Waals surface area contributed by atoms with Crippen LogP contribution in [0, 0.1) is 0 Å². The SMILES string of the molecule is O=C(NC(CN1CCCC1=O)c1cccc(C(F)(F)F)c1)c1ccc(Br)s1. The Kier molecular flexibility index (Phi) is 5.90. The van der Waals surface area contributed by atoms with E-state index >= 15 is 0 Å². The molecule has 1 aliphatic rings. The highest BCUT2D eigenvalue weighted by atomic mass is 79.9. The summed E-state index contributed by atoms with van der Waals surface area (Å²) in [6, 6.07) is 7.48. The number of carbonyl (C=O) groups excluding carboxylic acids is 2. The van der Waals surface area contributed by atoms with Crippen molar-refractivity contribution in [2.45, 2.75) is 25.1 Å². The molecular formula is C18H16BrF3N2O2S. The fraction of sp³-hybridized carbons (Fsp3) is 0.333. The van der Waals surface area contributed by atoms with Crippen LogP contribution in [0.1, 0.15) is 39.7 Å². The average Bonchev–Trinajstić information content (AvgIpc) is 3.22. The topological polar surface area (TPSA) is 49.4 Å². The van der Waals surface area contributed by atoms with Crippen LogP contribution in [0.3, 0.4) is 0 Å². The summed E-state index contributed by atoms with van der Waals surface area (Å²) in [6.45, 7) is 0.674. The molecular weight excluding hydrogens is 445 g/mol. The zero-order valence-electron chi connectivity index (χ0n) is 14.1. The van der Waals surface area contributed by atoms with Gasteiger partial charge in [0.05, 0.1) is 20.3 Å². The number of thiophene rings is 1. The predicted octanol–water partition coefficient (Wildman–Crippen LogP) is 4.62. The fourth-order valence-corrected chi connectivity index (χ4v) is 4.24. The Hall–Kier alpha value is -1.87. The lowest BCUT2D eigenvalue weighted by molar-refractivity contribution is -0.137. The van der Waals surface area contributed by atoms with Gasteiger partial charge in [-0.25, -0.2) is 0 Å². The molecule has 144 valence electrons. The Balaban J connectivity index is 1.87. The van der Waals surface area contributed by atoms with Gasteiger partial charge in [-0.2, -0.15) is 13.2 Å². The molecule has 1 aliphatic heterocycles. The highest BCUT2D eigenvalue weighted by Gasteiger charge is 2.32. The van der Waals surface area contributed by atoms with Crippen LogP contribution in [0.4, 0.5) is 13.2 Å². The zero-order valence-corrected chi connectivity index (χ0v) is 16.5. The molecule has 1 aromatic carbocycles. The Bertz CT molecular complexity index is 853. The number of rotatable bonds is 5. The monoisotopic (exact) mass is 460 g/mol. The number of hydrogen-bond donors (Lipinski definition) is 1. The van der Waals surface area contributed by atoms with Gasteiger partial charge < -0.3 is 10.2 Å².